The lowest BCUT2D eigenvalue weighted by molar-refractivity contribution is 0.101. The average Bonchev–Trinajstić information content (AvgIpc) is 3.17. The van der Waals surface area contributed by atoms with Crippen molar-refractivity contribution >= 4 is 17.5 Å². The lowest BCUT2D eigenvalue weighted by Crippen LogP contribution is -2.04. The molecule has 0 unspecified atom stereocenters. The van der Waals surface area contributed by atoms with E-state index in [0.717, 1.165) is 11.8 Å². The maximum atomic E-state index is 12.9. The predicted molar refractivity (Wildman–Crippen MR) is 97.8 cm³/mol. The summed E-state index contributed by atoms with van der Waals surface area (Å²) in [5.41, 5.74) is 0.500. The third kappa shape index (κ3) is 4.85. The first-order valence-electron chi connectivity index (χ1n) is 8.11. The molecule has 3 rings (SSSR count). The molecule has 0 amide bonds. The number of nitrogens with zero attached hydrogens (tertiary/aromatic N) is 2. The molecule has 0 radical (unpaired) electrons. The molecule has 0 aliphatic heterocycles. The molecular formula is C19H17FN2O4S. The molecule has 0 fully saturated rings. The van der Waals surface area contributed by atoms with Crippen LogP contribution in [0.5, 0.6) is 11.5 Å². The predicted octanol–water partition coefficient (Wildman–Crippen LogP) is 4.33. The molecule has 2 aromatic carbocycles. The molecule has 3 aromatic rings. The van der Waals surface area contributed by atoms with Crippen molar-refractivity contribution in [3.63, 3.8) is 0 Å². The molecule has 0 aliphatic carbocycles. The van der Waals surface area contributed by atoms with Gasteiger partial charge < -0.3 is 13.9 Å². The number of methoxy groups -OCH3 is 1. The van der Waals surface area contributed by atoms with E-state index in [0.29, 0.717) is 17.1 Å². The van der Waals surface area contributed by atoms with Crippen LogP contribution in [0.3, 0.4) is 0 Å². The molecule has 6 nitrogen and oxygen atoms in total. The van der Waals surface area contributed by atoms with E-state index in [9.17, 15) is 9.18 Å². The van der Waals surface area contributed by atoms with Crippen LogP contribution >= 0.6 is 11.8 Å². The number of Topliss-reactive ketones (excluding diaryl/α,β-unsaturated/α-hetero) is 1. The molecule has 27 heavy (non-hydrogen) atoms. The number of halogens is 1. The molecule has 0 bridgehead atoms. The molecular weight excluding hydrogens is 371 g/mol. The number of ether oxygens (including phenoxy) is 2. The van der Waals surface area contributed by atoms with E-state index in [2.05, 4.69) is 10.2 Å². The number of hydrogen-bond donors (Lipinski definition) is 0. The highest BCUT2D eigenvalue weighted by molar-refractivity contribution is 7.99. The SMILES string of the molecule is COc1ccccc1C(=O)CSc1nnc([C@H](C)Oc2ccc(F)cc2)o1. The van der Waals surface area contributed by atoms with Crippen molar-refractivity contribution in [2.75, 3.05) is 12.9 Å². The van der Waals surface area contributed by atoms with Crippen LogP contribution in [-0.2, 0) is 0 Å². The number of carbonyl (C=O) groups excluding carboxylic acids is 1. The zero-order valence-corrected chi connectivity index (χ0v) is 15.5. The fraction of sp³-hybridized carbons (Fsp3) is 0.211. The molecule has 1 heterocycles. The van der Waals surface area contributed by atoms with Gasteiger partial charge >= 0.3 is 0 Å². The summed E-state index contributed by atoms with van der Waals surface area (Å²) >= 11 is 1.14. The fourth-order valence-corrected chi connectivity index (χ4v) is 2.94. The van der Waals surface area contributed by atoms with Gasteiger partial charge in [-0.15, -0.1) is 10.2 Å². The van der Waals surface area contributed by atoms with E-state index in [4.69, 9.17) is 13.9 Å². The molecule has 140 valence electrons. The maximum absolute atomic E-state index is 12.9. The third-order valence-electron chi connectivity index (χ3n) is 3.63. The van der Waals surface area contributed by atoms with Gasteiger partial charge in [0.15, 0.2) is 11.9 Å². The van der Waals surface area contributed by atoms with Crippen LogP contribution in [0.2, 0.25) is 0 Å². The molecule has 1 atom stereocenters. The quantitative estimate of drug-likeness (QED) is 0.420. The smallest absolute Gasteiger partial charge is 0.277 e. The van der Waals surface area contributed by atoms with Crippen molar-refractivity contribution < 1.29 is 23.1 Å². The van der Waals surface area contributed by atoms with E-state index in [-0.39, 0.29) is 28.5 Å². The Morgan fingerprint density at radius 2 is 1.93 bits per heavy atom. The Labute approximate surface area is 159 Å². The third-order valence-corrected chi connectivity index (χ3v) is 4.45. The van der Waals surface area contributed by atoms with Crippen molar-refractivity contribution in [2.24, 2.45) is 0 Å². The van der Waals surface area contributed by atoms with Crippen LogP contribution < -0.4 is 9.47 Å². The second-order valence-electron chi connectivity index (χ2n) is 5.53. The topological polar surface area (TPSA) is 74.5 Å². The Morgan fingerprint density at radius 3 is 2.67 bits per heavy atom. The van der Waals surface area contributed by atoms with Crippen molar-refractivity contribution in [1.82, 2.24) is 10.2 Å². The summed E-state index contributed by atoms with van der Waals surface area (Å²) in [5, 5.41) is 8.13. The van der Waals surface area contributed by atoms with E-state index >= 15 is 0 Å². The van der Waals surface area contributed by atoms with Gasteiger partial charge in [-0.2, -0.15) is 0 Å². The molecule has 0 saturated carbocycles. The summed E-state index contributed by atoms with van der Waals surface area (Å²) in [7, 11) is 1.52. The van der Waals surface area contributed by atoms with Gasteiger partial charge in [0.05, 0.1) is 18.4 Å². The summed E-state index contributed by atoms with van der Waals surface area (Å²) in [6, 6.07) is 12.7. The van der Waals surface area contributed by atoms with Crippen molar-refractivity contribution in [3.05, 3.63) is 65.8 Å². The van der Waals surface area contributed by atoms with E-state index in [1.165, 1.54) is 31.4 Å². The Hall–Kier alpha value is -2.87. The minimum atomic E-state index is -0.512. The zero-order chi connectivity index (χ0) is 19.2. The highest BCUT2D eigenvalue weighted by Gasteiger charge is 2.18. The number of aromatic nitrogens is 2. The van der Waals surface area contributed by atoms with Gasteiger partial charge in [-0.05, 0) is 43.3 Å². The lowest BCUT2D eigenvalue weighted by Gasteiger charge is -2.10. The Kier molecular flexibility index (Phi) is 6.08. The van der Waals surface area contributed by atoms with Crippen LogP contribution in [0.4, 0.5) is 4.39 Å². The Bertz CT molecular complexity index is 914. The van der Waals surface area contributed by atoms with Gasteiger partial charge in [-0.1, -0.05) is 23.9 Å². The van der Waals surface area contributed by atoms with Crippen LogP contribution in [0.15, 0.2) is 58.2 Å². The maximum Gasteiger partial charge on any atom is 0.277 e. The van der Waals surface area contributed by atoms with Crippen LogP contribution in [-0.4, -0.2) is 28.8 Å². The highest BCUT2D eigenvalue weighted by Crippen LogP contribution is 2.26. The molecule has 0 saturated heterocycles. The Balaban J connectivity index is 1.59. The second-order valence-corrected chi connectivity index (χ2v) is 6.46. The van der Waals surface area contributed by atoms with Crippen LogP contribution in [0.1, 0.15) is 29.3 Å². The van der Waals surface area contributed by atoms with Gasteiger partial charge in [0.2, 0.25) is 0 Å². The van der Waals surface area contributed by atoms with Gasteiger partial charge in [0.25, 0.3) is 11.1 Å². The number of rotatable bonds is 8. The number of benzene rings is 2. The molecule has 1 aromatic heterocycles. The number of thioether (sulfide) groups is 1. The monoisotopic (exact) mass is 388 g/mol. The van der Waals surface area contributed by atoms with Crippen LogP contribution in [0.25, 0.3) is 0 Å². The van der Waals surface area contributed by atoms with E-state index in [1.807, 2.05) is 0 Å². The minimum Gasteiger partial charge on any atom is -0.496 e. The largest absolute Gasteiger partial charge is 0.496 e. The fourth-order valence-electron chi connectivity index (χ4n) is 2.29. The standard InChI is InChI=1S/C19H17FN2O4S/c1-12(25-14-9-7-13(20)8-10-14)18-21-22-19(26-18)27-11-16(23)15-5-3-4-6-17(15)24-2/h3-10,12H,11H2,1-2H3/t12-/m0/s1. The van der Waals surface area contributed by atoms with Gasteiger partial charge in [0, 0.05) is 0 Å². The van der Waals surface area contributed by atoms with Crippen molar-refractivity contribution in [2.45, 2.75) is 18.3 Å². The normalized spacial score (nSPS) is 11.8. The first kappa shape index (κ1) is 18.9. The van der Waals surface area contributed by atoms with E-state index in [1.54, 1.807) is 31.2 Å². The number of carbonyl (C=O) groups is 1. The summed E-state index contributed by atoms with van der Waals surface area (Å²) < 4.78 is 29.3. The molecule has 0 N–H and O–H groups in total. The molecule has 0 spiro atoms. The lowest BCUT2D eigenvalue weighted by atomic mass is 10.1. The zero-order valence-electron chi connectivity index (χ0n) is 14.7. The minimum absolute atomic E-state index is 0.104. The number of ketones is 1. The van der Waals surface area contributed by atoms with Crippen molar-refractivity contribution in [1.29, 1.82) is 0 Å². The average molecular weight is 388 g/mol. The van der Waals surface area contributed by atoms with Crippen LogP contribution in [0, 0.1) is 5.82 Å². The first-order chi connectivity index (χ1) is 13.1. The summed E-state index contributed by atoms with van der Waals surface area (Å²) in [4.78, 5) is 12.4. The molecule has 8 heteroatoms. The molecule has 0 aliphatic rings. The van der Waals surface area contributed by atoms with Gasteiger partial charge in [-0.3, -0.25) is 4.79 Å². The summed E-state index contributed by atoms with van der Waals surface area (Å²) in [6.07, 6.45) is -0.512. The number of hydrogen-bond acceptors (Lipinski definition) is 7. The summed E-state index contributed by atoms with van der Waals surface area (Å²) in [5.74, 6) is 0.971. The van der Waals surface area contributed by atoms with Gasteiger partial charge in [0.1, 0.15) is 17.3 Å². The highest BCUT2D eigenvalue weighted by atomic mass is 32.2. The van der Waals surface area contributed by atoms with E-state index < -0.39 is 6.10 Å². The van der Waals surface area contributed by atoms with Gasteiger partial charge in [-0.25, -0.2) is 4.39 Å². The number of para-hydroxylation sites is 1. The summed E-state index contributed by atoms with van der Waals surface area (Å²) in [6.45, 7) is 1.74. The first-order valence-corrected chi connectivity index (χ1v) is 9.10. The second kappa shape index (κ2) is 8.68. The Morgan fingerprint density at radius 1 is 1.19 bits per heavy atom. The van der Waals surface area contributed by atoms with Crippen molar-refractivity contribution in [3.8, 4) is 11.5 Å².